The molecule has 1 aliphatic carbocycles. The lowest BCUT2D eigenvalue weighted by Gasteiger charge is -2.06. The number of aromatic nitrogens is 4. The van der Waals surface area contributed by atoms with Crippen molar-refractivity contribution in [2.75, 3.05) is 11.1 Å². The summed E-state index contributed by atoms with van der Waals surface area (Å²) in [6, 6.07) is 3.94. The van der Waals surface area contributed by atoms with E-state index in [0.717, 1.165) is 18.0 Å². The molecule has 6 nitrogen and oxygen atoms in total. The van der Waals surface area contributed by atoms with Gasteiger partial charge < -0.3 is 9.88 Å². The SMILES string of the molecule is O=C(CSc1nncn1C1CC1)Nc1cccnc1Cl. The van der Waals surface area contributed by atoms with Crippen LogP contribution in [-0.4, -0.2) is 31.4 Å². The lowest BCUT2D eigenvalue weighted by atomic mass is 10.4. The van der Waals surface area contributed by atoms with Gasteiger partial charge in [-0.3, -0.25) is 4.79 Å². The van der Waals surface area contributed by atoms with Crippen molar-refractivity contribution in [3.8, 4) is 0 Å². The van der Waals surface area contributed by atoms with Crippen molar-refractivity contribution in [2.45, 2.75) is 24.0 Å². The molecule has 0 unspecified atom stereocenters. The number of carbonyl (C=O) groups is 1. The highest BCUT2D eigenvalue weighted by atomic mass is 35.5. The molecule has 0 saturated heterocycles. The molecule has 0 spiro atoms. The quantitative estimate of drug-likeness (QED) is 0.678. The summed E-state index contributed by atoms with van der Waals surface area (Å²) in [5.41, 5.74) is 0.517. The van der Waals surface area contributed by atoms with Crippen LogP contribution < -0.4 is 5.32 Å². The Labute approximate surface area is 124 Å². The fourth-order valence-corrected chi connectivity index (χ4v) is 2.68. The average Bonchev–Trinajstić information content (AvgIpc) is 3.18. The van der Waals surface area contributed by atoms with Gasteiger partial charge in [-0.15, -0.1) is 10.2 Å². The number of pyridine rings is 1. The molecular weight excluding hydrogens is 298 g/mol. The third-order valence-corrected chi connectivity index (χ3v) is 4.10. The summed E-state index contributed by atoms with van der Waals surface area (Å²) >= 11 is 7.25. The Morgan fingerprint density at radius 2 is 2.40 bits per heavy atom. The van der Waals surface area contributed by atoms with E-state index in [0.29, 0.717) is 11.7 Å². The number of carbonyl (C=O) groups excluding carboxylic acids is 1. The van der Waals surface area contributed by atoms with Crippen LogP contribution >= 0.6 is 23.4 Å². The standard InChI is InChI=1S/C12H12ClN5OS/c13-11-9(2-1-5-14-11)16-10(19)6-20-12-17-15-7-18(12)8-3-4-8/h1-2,5,7-8H,3-4,6H2,(H,16,19). The first-order chi connectivity index (χ1) is 9.74. The molecule has 2 aromatic rings. The molecule has 0 bridgehead atoms. The number of thioether (sulfide) groups is 1. The van der Waals surface area contributed by atoms with Crippen molar-refractivity contribution in [3.63, 3.8) is 0 Å². The largest absolute Gasteiger partial charge is 0.323 e. The van der Waals surface area contributed by atoms with E-state index < -0.39 is 0 Å². The minimum absolute atomic E-state index is 0.143. The molecule has 0 aliphatic heterocycles. The summed E-state index contributed by atoms with van der Waals surface area (Å²) < 4.78 is 2.02. The molecule has 2 heterocycles. The highest BCUT2D eigenvalue weighted by molar-refractivity contribution is 7.99. The maximum absolute atomic E-state index is 11.9. The summed E-state index contributed by atoms with van der Waals surface area (Å²) in [6.07, 6.45) is 5.60. The topological polar surface area (TPSA) is 72.7 Å². The zero-order valence-electron chi connectivity index (χ0n) is 10.5. The molecule has 3 rings (SSSR count). The highest BCUT2D eigenvalue weighted by Gasteiger charge is 2.26. The number of nitrogens with zero attached hydrogens (tertiary/aromatic N) is 4. The van der Waals surface area contributed by atoms with Gasteiger partial charge in [0.1, 0.15) is 6.33 Å². The number of anilines is 1. The third-order valence-electron chi connectivity index (χ3n) is 2.85. The molecule has 2 aromatic heterocycles. The Hall–Kier alpha value is -1.60. The van der Waals surface area contributed by atoms with Gasteiger partial charge in [0.2, 0.25) is 5.91 Å². The van der Waals surface area contributed by atoms with Crippen LogP contribution in [0.1, 0.15) is 18.9 Å². The summed E-state index contributed by atoms with van der Waals surface area (Å²) in [4.78, 5) is 15.8. The molecule has 1 saturated carbocycles. The van der Waals surface area contributed by atoms with E-state index in [2.05, 4.69) is 20.5 Å². The van der Waals surface area contributed by atoms with Gasteiger partial charge >= 0.3 is 0 Å². The van der Waals surface area contributed by atoms with Crippen molar-refractivity contribution >= 4 is 35.0 Å². The van der Waals surface area contributed by atoms with Crippen LogP contribution in [0, 0.1) is 0 Å². The summed E-state index contributed by atoms with van der Waals surface area (Å²) in [7, 11) is 0. The Morgan fingerprint density at radius 1 is 1.55 bits per heavy atom. The van der Waals surface area contributed by atoms with Crippen molar-refractivity contribution < 1.29 is 4.79 Å². The van der Waals surface area contributed by atoms with Crippen LogP contribution in [0.25, 0.3) is 0 Å². The smallest absolute Gasteiger partial charge is 0.234 e. The monoisotopic (exact) mass is 309 g/mol. The molecule has 104 valence electrons. The van der Waals surface area contributed by atoms with Crippen LogP contribution in [0.4, 0.5) is 5.69 Å². The van der Waals surface area contributed by atoms with Gasteiger partial charge in [0.15, 0.2) is 10.3 Å². The van der Waals surface area contributed by atoms with Crippen molar-refractivity contribution in [2.24, 2.45) is 0 Å². The Bertz CT molecular complexity index is 628. The maximum atomic E-state index is 11.9. The van der Waals surface area contributed by atoms with Crippen molar-refractivity contribution in [1.82, 2.24) is 19.7 Å². The van der Waals surface area contributed by atoms with Gasteiger partial charge in [0.25, 0.3) is 0 Å². The fraction of sp³-hybridized carbons (Fsp3) is 0.333. The summed E-state index contributed by atoms with van der Waals surface area (Å²) in [5.74, 6) is 0.117. The van der Waals surface area contributed by atoms with Crippen LogP contribution in [0.15, 0.2) is 29.8 Å². The van der Waals surface area contributed by atoms with Crippen molar-refractivity contribution in [1.29, 1.82) is 0 Å². The van der Waals surface area contributed by atoms with Crippen LogP contribution in [0.3, 0.4) is 0 Å². The Morgan fingerprint density at radius 3 is 3.15 bits per heavy atom. The van der Waals surface area contributed by atoms with Crippen molar-refractivity contribution in [3.05, 3.63) is 29.8 Å². The zero-order valence-corrected chi connectivity index (χ0v) is 12.1. The van der Waals surface area contributed by atoms with E-state index >= 15 is 0 Å². The molecular formula is C12H12ClN5OS. The molecule has 1 amide bonds. The predicted molar refractivity (Wildman–Crippen MR) is 76.9 cm³/mol. The lowest BCUT2D eigenvalue weighted by molar-refractivity contribution is -0.113. The first-order valence-electron chi connectivity index (χ1n) is 6.16. The second-order valence-electron chi connectivity index (χ2n) is 4.43. The highest BCUT2D eigenvalue weighted by Crippen LogP contribution is 2.37. The molecule has 1 N–H and O–H groups in total. The fourth-order valence-electron chi connectivity index (χ4n) is 1.73. The summed E-state index contributed by atoms with van der Waals surface area (Å²) in [5, 5.41) is 11.7. The molecule has 0 aromatic carbocycles. The molecule has 1 fully saturated rings. The Kier molecular flexibility index (Phi) is 3.88. The number of rotatable bonds is 5. The Balaban J connectivity index is 1.57. The van der Waals surface area contributed by atoms with Crippen LogP contribution in [-0.2, 0) is 4.79 Å². The first-order valence-corrected chi connectivity index (χ1v) is 7.53. The second-order valence-corrected chi connectivity index (χ2v) is 5.73. The zero-order chi connectivity index (χ0) is 13.9. The number of halogens is 1. The van der Waals surface area contributed by atoms with E-state index in [1.54, 1.807) is 24.7 Å². The summed E-state index contributed by atoms with van der Waals surface area (Å²) in [6.45, 7) is 0. The molecule has 0 radical (unpaired) electrons. The minimum Gasteiger partial charge on any atom is -0.323 e. The molecule has 20 heavy (non-hydrogen) atoms. The maximum Gasteiger partial charge on any atom is 0.234 e. The minimum atomic E-state index is -0.143. The van der Waals surface area contributed by atoms with Gasteiger partial charge in [-0.05, 0) is 25.0 Å². The average molecular weight is 310 g/mol. The van der Waals surface area contributed by atoms with Gasteiger partial charge in [-0.25, -0.2) is 4.98 Å². The number of hydrogen-bond donors (Lipinski definition) is 1. The van der Waals surface area contributed by atoms with E-state index in [-0.39, 0.29) is 16.8 Å². The molecule has 0 atom stereocenters. The van der Waals surface area contributed by atoms with E-state index in [4.69, 9.17) is 11.6 Å². The normalized spacial score (nSPS) is 14.2. The molecule has 8 heteroatoms. The van der Waals surface area contributed by atoms with E-state index in [1.807, 2.05) is 4.57 Å². The van der Waals surface area contributed by atoms with E-state index in [9.17, 15) is 4.79 Å². The first kappa shape index (κ1) is 13.4. The van der Waals surface area contributed by atoms with Crippen LogP contribution in [0.5, 0.6) is 0 Å². The number of nitrogens with one attached hydrogen (secondary N) is 1. The van der Waals surface area contributed by atoms with Crippen LogP contribution in [0.2, 0.25) is 5.15 Å². The second kappa shape index (κ2) is 5.80. The third kappa shape index (κ3) is 3.10. The predicted octanol–water partition coefficient (Wildman–Crippen LogP) is 2.39. The van der Waals surface area contributed by atoms with Gasteiger partial charge in [0, 0.05) is 12.2 Å². The molecule has 1 aliphatic rings. The van der Waals surface area contributed by atoms with Gasteiger partial charge in [0.05, 0.1) is 11.4 Å². The number of amides is 1. The lowest BCUT2D eigenvalue weighted by Crippen LogP contribution is -2.15. The van der Waals surface area contributed by atoms with Gasteiger partial charge in [-0.2, -0.15) is 0 Å². The van der Waals surface area contributed by atoms with E-state index in [1.165, 1.54) is 11.8 Å². The van der Waals surface area contributed by atoms with Gasteiger partial charge in [-0.1, -0.05) is 23.4 Å². The number of hydrogen-bond acceptors (Lipinski definition) is 5.